The SMILES string of the molecule is O=C(Nc1cccc2[nH]ncc12)c1ccc(F)c(F)c1. The molecule has 1 heterocycles. The fourth-order valence-electron chi connectivity index (χ4n) is 1.91. The van der Waals surface area contributed by atoms with Crippen molar-refractivity contribution < 1.29 is 13.6 Å². The van der Waals surface area contributed by atoms with Crippen molar-refractivity contribution in [1.82, 2.24) is 10.2 Å². The van der Waals surface area contributed by atoms with Gasteiger partial charge >= 0.3 is 0 Å². The largest absolute Gasteiger partial charge is 0.321 e. The van der Waals surface area contributed by atoms with Crippen LogP contribution in [-0.2, 0) is 0 Å². The summed E-state index contributed by atoms with van der Waals surface area (Å²) in [5.41, 5.74) is 1.36. The second kappa shape index (κ2) is 4.73. The number of hydrogen-bond acceptors (Lipinski definition) is 2. The molecule has 0 spiro atoms. The number of carbonyl (C=O) groups excluding carboxylic acids is 1. The molecule has 0 unspecified atom stereocenters. The normalized spacial score (nSPS) is 10.7. The highest BCUT2D eigenvalue weighted by Gasteiger charge is 2.11. The van der Waals surface area contributed by atoms with Crippen molar-refractivity contribution in [3.05, 3.63) is 59.8 Å². The molecule has 2 aromatic carbocycles. The molecule has 2 N–H and O–H groups in total. The number of rotatable bonds is 2. The molecular formula is C14H9F2N3O. The van der Waals surface area contributed by atoms with Gasteiger partial charge in [-0.2, -0.15) is 5.10 Å². The predicted molar refractivity (Wildman–Crippen MR) is 70.4 cm³/mol. The third kappa shape index (κ3) is 2.11. The number of aromatic nitrogens is 2. The molecule has 100 valence electrons. The summed E-state index contributed by atoms with van der Waals surface area (Å²) in [7, 11) is 0. The zero-order valence-electron chi connectivity index (χ0n) is 10.2. The van der Waals surface area contributed by atoms with Crippen molar-refractivity contribution in [3.63, 3.8) is 0 Å². The molecule has 1 amide bonds. The van der Waals surface area contributed by atoms with Crippen LogP contribution in [0, 0.1) is 11.6 Å². The summed E-state index contributed by atoms with van der Waals surface area (Å²) in [5.74, 6) is -2.56. The van der Waals surface area contributed by atoms with Gasteiger partial charge in [-0.3, -0.25) is 9.89 Å². The van der Waals surface area contributed by atoms with Crippen molar-refractivity contribution in [3.8, 4) is 0 Å². The van der Waals surface area contributed by atoms with Crippen LogP contribution < -0.4 is 5.32 Å². The van der Waals surface area contributed by atoms with Crippen LogP contribution >= 0.6 is 0 Å². The minimum Gasteiger partial charge on any atom is -0.321 e. The summed E-state index contributed by atoms with van der Waals surface area (Å²) in [6.45, 7) is 0. The molecule has 0 radical (unpaired) electrons. The monoisotopic (exact) mass is 273 g/mol. The molecule has 0 fully saturated rings. The number of H-pyrrole nitrogens is 1. The van der Waals surface area contributed by atoms with Gasteiger partial charge in [0.1, 0.15) is 0 Å². The number of hydrogen-bond donors (Lipinski definition) is 2. The van der Waals surface area contributed by atoms with Crippen LogP contribution in [0.25, 0.3) is 10.9 Å². The third-order valence-corrected chi connectivity index (χ3v) is 2.91. The quantitative estimate of drug-likeness (QED) is 0.753. The van der Waals surface area contributed by atoms with Crippen LogP contribution in [0.5, 0.6) is 0 Å². The second-order valence-electron chi connectivity index (χ2n) is 4.22. The maximum Gasteiger partial charge on any atom is 0.255 e. The average molecular weight is 273 g/mol. The Hall–Kier alpha value is -2.76. The van der Waals surface area contributed by atoms with E-state index >= 15 is 0 Å². The Balaban J connectivity index is 1.92. The number of fused-ring (bicyclic) bond motifs is 1. The zero-order chi connectivity index (χ0) is 14.1. The Bertz CT molecular complexity index is 798. The number of amides is 1. The van der Waals surface area contributed by atoms with E-state index in [1.807, 2.05) is 6.07 Å². The molecule has 0 aliphatic carbocycles. The number of carbonyl (C=O) groups is 1. The Morgan fingerprint density at radius 1 is 1.15 bits per heavy atom. The van der Waals surface area contributed by atoms with Crippen LogP contribution in [0.3, 0.4) is 0 Å². The van der Waals surface area contributed by atoms with Crippen molar-refractivity contribution in [2.45, 2.75) is 0 Å². The molecule has 0 atom stereocenters. The van der Waals surface area contributed by atoms with Gasteiger partial charge in [0, 0.05) is 10.9 Å². The van der Waals surface area contributed by atoms with Gasteiger partial charge in [0.25, 0.3) is 5.91 Å². The van der Waals surface area contributed by atoms with Crippen LogP contribution in [0.1, 0.15) is 10.4 Å². The van der Waals surface area contributed by atoms with Gasteiger partial charge < -0.3 is 5.32 Å². The first-order chi connectivity index (χ1) is 9.65. The third-order valence-electron chi connectivity index (χ3n) is 2.91. The molecule has 4 nitrogen and oxygen atoms in total. The molecule has 6 heteroatoms. The number of anilines is 1. The van der Waals surface area contributed by atoms with Gasteiger partial charge in [0.15, 0.2) is 11.6 Å². The van der Waals surface area contributed by atoms with Crippen LogP contribution in [0.4, 0.5) is 14.5 Å². The second-order valence-corrected chi connectivity index (χ2v) is 4.22. The fourth-order valence-corrected chi connectivity index (χ4v) is 1.91. The van der Waals surface area contributed by atoms with Crippen LogP contribution in [0.15, 0.2) is 42.6 Å². The van der Waals surface area contributed by atoms with Gasteiger partial charge in [-0.05, 0) is 30.3 Å². The van der Waals surface area contributed by atoms with E-state index in [0.29, 0.717) is 5.69 Å². The van der Waals surface area contributed by atoms with E-state index in [1.54, 1.807) is 18.3 Å². The lowest BCUT2D eigenvalue weighted by atomic mass is 10.1. The highest BCUT2D eigenvalue weighted by atomic mass is 19.2. The van der Waals surface area contributed by atoms with E-state index in [9.17, 15) is 13.6 Å². The summed E-state index contributed by atoms with van der Waals surface area (Å²) < 4.78 is 25.9. The molecule has 1 aromatic heterocycles. The average Bonchev–Trinajstić information content (AvgIpc) is 2.91. The first-order valence-electron chi connectivity index (χ1n) is 5.83. The summed E-state index contributed by atoms with van der Waals surface area (Å²) in [4.78, 5) is 12.0. The Kier molecular flexibility index (Phi) is 2.90. The van der Waals surface area contributed by atoms with Gasteiger partial charge in [0.05, 0.1) is 17.4 Å². The maximum absolute atomic E-state index is 13.1. The van der Waals surface area contributed by atoms with Gasteiger partial charge in [-0.1, -0.05) is 6.07 Å². The van der Waals surface area contributed by atoms with Gasteiger partial charge in [-0.15, -0.1) is 0 Å². The van der Waals surface area contributed by atoms with Gasteiger partial charge in [0.2, 0.25) is 0 Å². The van der Waals surface area contributed by atoms with Crippen LogP contribution in [0.2, 0.25) is 0 Å². The van der Waals surface area contributed by atoms with Crippen molar-refractivity contribution >= 4 is 22.5 Å². The Labute approximate surface area is 112 Å². The standard InChI is InChI=1S/C14H9F2N3O/c15-10-5-4-8(6-11(10)16)14(20)18-12-2-1-3-13-9(12)7-17-19-13/h1-7H,(H,17,19)(H,18,20). The summed E-state index contributed by atoms with van der Waals surface area (Å²) >= 11 is 0. The lowest BCUT2D eigenvalue weighted by molar-refractivity contribution is 0.102. The highest BCUT2D eigenvalue weighted by Crippen LogP contribution is 2.21. The molecular weight excluding hydrogens is 264 g/mol. The molecule has 0 saturated carbocycles. The highest BCUT2D eigenvalue weighted by molar-refractivity contribution is 6.08. The van der Waals surface area contributed by atoms with E-state index in [-0.39, 0.29) is 5.56 Å². The summed E-state index contributed by atoms with van der Waals surface area (Å²) in [6.07, 6.45) is 1.58. The molecule has 0 bridgehead atoms. The number of halogens is 2. The lowest BCUT2D eigenvalue weighted by Gasteiger charge is -2.06. The zero-order valence-corrected chi connectivity index (χ0v) is 10.2. The van der Waals surface area contributed by atoms with E-state index in [2.05, 4.69) is 15.5 Å². The first kappa shape index (κ1) is 12.3. The molecule has 20 heavy (non-hydrogen) atoms. The van der Waals surface area contributed by atoms with E-state index < -0.39 is 17.5 Å². The fraction of sp³-hybridized carbons (Fsp3) is 0. The maximum atomic E-state index is 13.1. The minimum atomic E-state index is -1.06. The molecule has 0 saturated heterocycles. The van der Waals surface area contributed by atoms with Crippen molar-refractivity contribution in [2.24, 2.45) is 0 Å². The first-order valence-corrected chi connectivity index (χ1v) is 5.83. The topological polar surface area (TPSA) is 57.8 Å². The van der Waals surface area contributed by atoms with E-state index in [0.717, 1.165) is 23.0 Å². The smallest absolute Gasteiger partial charge is 0.255 e. The Morgan fingerprint density at radius 3 is 2.80 bits per heavy atom. The number of aromatic amines is 1. The molecule has 3 rings (SSSR count). The lowest BCUT2D eigenvalue weighted by Crippen LogP contribution is -2.12. The summed E-state index contributed by atoms with van der Waals surface area (Å²) in [6, 6.07) is 8.28. The van der Waals surface area contributed by atoms with Crippen LogP contribution in [-0.4, -0.2) is 16.1 Å². The molecule has 0 aliphatic rings. The molecule has 0 aliphatic heterocycles. The Morgan fingerprint density at radius 2 is 2.00 bits per heavy atom. The number of nitrogens with zero attached hydrogens (tertiary/aromatic N) is 1. The number of nitrogens with one attached hydrogen (secondary N) is 2. The minimum absolute atomic E-state index is 0.0457. The number of benzene rings is 2. The predicted octanol–water partition coefficient (Wildman–Crippen LogP) is 3.09. The van der Waals surface area contributed by atoms with Gasteiger partial charge in [-0.25, -0.2) is 8.78 Å². The van der Waals surface area contributed by atoms with E-state index in [4.69, 9.17) is 0 Å². The van der Waals surface area contributed by atoms with E-state index in [1.165, 1.54) is 6.07 Å². The van der Waals surface area contributed by atoms with Crippen molar-refractivity contribution in [2.75, 3.05) is 5.32 Å². The van der Waals surface area contributed by atoms with Crippen molar-refractivity contribution in [1.29, 1.82) is 0 Å². The summed E-state index contributed by atoms with van der Waals surface area (Å²) in [5, 5.41) is 10.0. The molecule has 3 aromatic rings.